The van der Waals surface area contributed by atoms with E-state index in [0.29, 0.717) is 50.0 Å². The fourth-order valence-corrected chi connectivity index (χ4v) is 4.16. The van der Waals surface area contributed by atoms with Crippen LogP contribution in [-0.4, -0.2) is 63.3 Å². The number of sulfonamides is 1. The van der Waals surface area contributed by atoms with Gasteiger partial charge in [0.05, 0.1) is 4.90 Å². The number of piperazine rings is 1. The highest BCUT2D eigenvalue weighted by molar-refractivity contribution is 7.89. The number of hydrogen-bond donors (Lipinski definition) is 1. The lowest BCUT2D eigenvalue weighted by Gasteiger charge is -2.34. The van der Waals surface area contributed by atoms with E-state index >= 15 is 0 Å². The molecule has 0 radical (unpaired) electrons. The minimum atomic E-state index is -3.49. The van der Waals surface area contributed by atoms with Gasteiger partial charge in [-0.05, 0) is 30.7 Å². The van der Waals surface area contributed by atoms with Crippen LogP contribution in [0, 0.1) is 0 Å². The highest BCUT2D eigenvalue weighted by Gasteiger charge is 2.29. The first-order valence-corrected chi connectivity index (χ1v) is 9.82. The molecule has 2 rings (SSSR count). The van der Waals surface area contributed by atoms with Crippen LogP contribution in [0.25, 0.3) is 0 Å². The first-order valence-electron chi connectivity index (χ1n) is 8.38. The molecule has 0 saturated carbocycles. The van der Waals surface area contributed by atoms with E-state index < -0.39 is 10.0 Å². The van der Waals surface area contributed by atoms with Crippen LogP contribution in [0.2, 0.25) is 0 Å². The van der Waals surface area contributed by atoms with E-state index in [9.17, 15) is 13.2 Å². The largest absolute Gasteiger partial charge is 0.340 e. The predicted molar refractivity (Wildman–Crippen MR) is 102 cm³/mol. The van der Waals surface area contributed by atoms with Crippen molar-refractivity contribution in [3.63, 3.8) is 0 Å². The molecular formula is C17H28ClN3O3S. The monoisotopic (exact) mass is 389 g/mol. The predicted octanol–water partition coefficient (Wildman–Crippen LogP) is 1.67. The number of rotatable bonds is 6. The van der Waals surface area contributed by atoms with E-state index in [2.05, 4.69) is 19.2 Å². The number of carbonyl (C=O) groups excluding carboxylic acids is 1. The topological polar surface area (TPSA) is 69.7 Å². The molecule has 0 bridgehead atoms. The van der Waals surface area contributed by atoms with Crippen LogP contribution in [0.3, 0.4) is 0 Å². The molecule has 1 aliphatic heterocycles. The van der Waals surface area contributed by atoms with Crippen molar-refractivity contribution in [1.29, 1.82) is 0 Å². The van der Waals surface area contributed by atoms with Crippen LogP contribution < -0.4 is 5.32 Å². The number of nitrogens with one attached hydrogen (secondary N) is 1. The van der Waals surface area contributed by atoms with Crippen molar-refractivity contribution in [1.82, 2.24) is 14.5 Å². The summed E-state index contributed by atoms with van der Waals surface area (Å²) in [6.07, 6.45) is 0.444. The molecule has 0 atom stereocenters. The zero-order valence-corrected chi connectivity index (χ0v) is 16.7. The molecule has 25 heavy (non-hydrogen) atoms. The number of benzene rings is 1. The number of amides is 1. The standard InChI is InChI=1S/C17H27N3O3S.ClH/c1-14(2)15-4-6-16(7-5-15)24(22,23)20-12-10-19(11-13-20)17(21)8-9-18-3;/h4-7,14,18H,8-13H2,1-3H3;1H. The van der Waals surface area contributed by atoms with E-state index in [4.69, 9.17) is 0 Å². The minimum absolute atomic E-state index is 0. The van der Waals surface area contributed by atoms with Gasteiger partial charge in [-0.2, -0.15) is 4.31 Å². The normalized spacial score (nSPS) is 15.9. The summed E-state index contributed by atoms with van der Waals surface area (Å²) in [4.78, 5) is 14.1. The van der Waals surface area contributed by atoms with Crippen molar-refractivity contribution in [2.45, 2.75) is 31.1 Å². The Labute approximate surface area is 157 Å². The number of halogens is 1. The first kappa shape index (κ1) is 21.9. The maximum Gasteiger partial charge on any atom is 0.243 e. The van der Waals surface area contributed by atoms with Gasteiger partial charge >= 0.3 is 0 Å². The zero-order valence-electron chi connectivity index (χ0n) is 15.1. The third-order valence-corrected chi connectivity index (χ3v) is 6.28. The Morgan fingerprint density at radius 3 is 2.16 bits per heavy atom. The molecule has 0 aromatic heterocycles. The van der Waals surface area contributed by atoms with Crippen molar-refractivity contribution < 1.29 is 13.2 Å². The molecule has 1 fully saturated rings. The first-order chi connectivity index (χ1) is 11.4. The molecule has 1 aliphatic rings. The van der Waals surface area contributed by atoms with E-state index in [-0.39, 0.29) is 18.3 Å². The van der Waals surface area contributed by atoms with Crippen LogP contribution in [0.4, 0.5) is 0 Å². The van der Waals surface area contributed by atoms with Crippen molar-refractivity contribution in [3.05, 3.63) is 29.8 Å². The number of carbonyl (C=O) groups is 1. The molecule has 8 heteroatoms. The Morgan fingerprint density at radius 1 is 1.12 bits per heavy atom. The lowest BCUT2D eigenvalue weighted by molar-refractivity contribution is -0.132. The second kappa shape index (κ2) is 9.52. The second-order valence-electron chi connectivity index (χ2n) is 6.36. The SMILES string of the molecule is CNCCC(=O)N1CCN(S(=O)(=O)c2ccc(C(C)C)cc2)CC1.Cl. The highest BCUT2D eigenvalue weighted by atomic mass is 35.5. The van der Waals surface area contributed by atoms with Gasteiger partial charge in [0.15, 0.2) is 0 Å². The maximum atomic E-state index is 12.7. The quantitative estimate of drug-likeness (QED) is 0.803. The summed E-state index contributed by atoms with van der Waals surface area (Å²) in [5, 5.41) is 2.95. The average molecular weight is 390 g/mol. The maximum absolute atomic E-state index is 12.7. The Morgan fingerprint density at radius 2 is 1.68 bits per heavy atom. The van der Waals surface area contributed by atoms with E-state index in [0.717, 1.165) is 5.56 Å². The smallest absolute Gasteiger partial charge is 0.243 e. The Kier molecular flexibility index (Phi) is 8.34. The minimum Gasteiger partial charge on any atom is -0.340 e. The molecule has 1 amide bonds. The number of nitrogens with zero attached hydrogens (tertiary/aromatic N) is 2. The van der Waals surface area contributed by atoms with Gasteiger partial charge in [0.1, 0.15) is 0 Å². The highest BCUT2D eigenvalue weighted by Crippen LogP contribution is 2.21. The molecule has 0 unspecified atom stereocenters. The Hall–Kier alpha value is -1.15. The molecule has 142 valence electrons. The second-order valence-corrected chi connectivity index (χ2v) is 8.30. The lowest BCUT2D eigenvalue weighted by atomic mass is 10.0. The average Bonchev–Trinajstić information content (AvgIpc) is 2.59. The van der Waals surface area contributed by atoms with E-state index in [1.165, 1.54) is 4.31 Å². The fourth-order valence-electron chi connectivity index (χ4n) is 2.74. The molecule has 0 aliphatic carbocycles. The van der Waals surface area contributed by atoms with E-state index in [1.807, 2.05) is 19.2 Å². The van der Waals surface area contributed by atoms with Crippen LogP contribution in [0.15, 0.2) is 29.2 Å². The molecule has 1 N–H and O–H groups in total. The summed E-state index contributed by atoms with van der Waals surface area (Å²) < 4.78 is 26.9. The lowest BCUT2D eigenvalue weighted by Crippen LogP contribution is -2.50. The van der Waals surface area contributed by atoms with Gasteiger partial charge in [0.2, 0.25) is 15.9 Å². The van der Waals surface area contributed by atoms with Gasteiger partial charge in [0.25, 0.3) is 0 Å². The molecule has 1 saturated heterocycles. The summed E-state index contributed by atoms with van der Waals surface area (Å²) in [5.74, 6) is 0.441. The van der Waals surface area contributed by atoms with E-state index in [1.54, 1.807) is 17.0 Å². The summed E-state index contributed by atoms with van der Waals surface area (Å²) in [5.41, 5.74) is 1.12. The van der Waals surface area contributed by atoms with Gasteiger partial charge in [0, 0.05) is 39.1 Å². The van der Waals surface area contributed by atoms with Gasteiger partial charge < -0.3 is 10.2 Å². The number of hydrogen-bond acceptors (Lipinski definition) is 4. The molecular weight excluding hydrogens is 362 g/mol. The van der Waals surface area contributed by atoms with Gasteiger partial charge in [-0.15, -0.1) is 12.4 Å². The summed E-state index contributed by atoms with van der Waals surface area (Å²) >= 11 is 0. The Bertz CT molecular complexity index is 654. The summed E-state index contributed by atoms with van der Waals surface area (Å²) in [6.45, 7) is 6.39. The Balaban J connectivity index is 0.00000312. The summed E-state index contributed by atoms with van der Waals surface area (Å²) in [6, 6.07) is 7.09. The zero-order chi connectivity index (χ0) is 17.7. The fraction of sp³-hybridized carbons (Fsp3) is 0.588. The summed E-state index contributed by atoms with van der Waals surface area (Å²) in [7, 11) is -1.68. The van der Waals surface area contributed by atoms with Crippen molar-refractivity contribution >= 4 is 28.3 Å². The van der Waals surface area contributed by atoms with Crippen molar-refractivity contribution in [2.75, 3.05) is 39.8 Å². The third-order valence-electron chi connectivity index (χ3n) is 4.36. The third kappa shape index (κ3) is 5.41. The van der Waals surface area contributed by atoms with Gasteiger partial charge in [-0.25, -0.2) is 8.42 Å². The molecule has 1 aromatic carbocycles. The van der Waals surface area contributed by atoms with Crippen molar-refractivity contribution in [3.8, 4) is 0 Å². The van der Waals surface area contributed by atoms with Crippen LogP contribution >= 0.6 is 12.4 Å². The van der Waals surface area contributed by atoms with Gasteiger partial charge in [-0.3, -0.25) is 4.79 Å². The van der Waals surface area contributed by atoms with Crippen LogP contribution in [0.5, 0.6) is 0 Å². The molecule has 1 heterocycles. The molecule has 0 spiro atoms. The van der Waals surface area contributed by atoms with Crippen LogP contribution in [-0.2, 0) is 14.8 Å². The molecule has 1 aromatic rings. The van der Waals surface area contributed by atoms with Crippen molar-refractivity contribution in [2.24, 2.45) is 0 Å². The van der Waals surface area contributed by atoms with Crippen LogP contribution in [0.1, 0.15) is 31.7 Å². The van der Waals surface area contributed by atoms with Gasteiger partial charge in [-0.1, -0.05) is 26.0 Å². The molecule has 6 nitrogen and oxygen atoms in total.